The first-order valence-electron chi connectivity index (χ1n) is 6.13. The number of hydrogen-bond acceptors (Lipinski definition) is 3. The summed E-state index contributed by atoms with van der Waals surface area (Å²) in [4.78, 5) is 5.41. The molecule has 0 bridgehead atoms. The van der Waals surface area contributed by atoms with E-state index in [0.717, 1.165) is 36.5 Å². The maximum absolute atomic E-state index is 5.41. The highest BCUT2D eigenvalue weighted by atomic mass is 16.6. The van der Waals surface area contributed by atoms with Crippen molar-refractivity contribution in [2.45, 2.75) is 12.5 Å². The first-order chi connectivity index (χ1) is 8.83. The summed E-state index contributed by atoms with van der Waals surface area (Å²) in [6.45, 7) is 5.52. The Bertz CT molecular complexity index is 426. The number of methoxy groups -OCH3 is 1. The Morgan fingerprint density at radius 2 is 2.28 bits per heavy atom. The fourth-order valence-corrected chi connectivity index (χ4v) is 1.91. The van der Waals surface area contributed by atoms with Crippen molar-refractivity contribution in [3.63, 3.8) is 0 Å². The lowest BCUT2D eigenvalue weighted by molar-refractivity contribution is -0.652. The Labute approximate surface area is 107 Å². The Hall–Kier alpha value is -1.81. The van der Waals surface area contributed by atoms with Gasteiger partial charge in [-0.1, -0.05) is 11.7 Å². The van der Waals surface area contributed by atoms with Crippen LogP contribution in [-0.2, 0) is 4.84 Å². The van der Waals surface area contributed by atoms with E-state index in [1.54, 1.807) is 7.11 Å². The average Bonchev–Trinajstić information content (AvgIpc) is 2.88. The van der Waals surface area contributed by atoms with E-state index in [4.69, 9.17) is 9.57 Å². The minimum absolute atomic E-state index is 0.169. The van der Waals surface area contributed by atoms with Crippen molar-refractivity contribution in [3.8, 4) is 5.75 Å². The molecule has 1 heterocycles. The van der Waals surface area contributed by atoms with Crippen LogP contribution >= 0.6 is 0 Å². The van der Waals surface area contributed by atoms with E-state index in [-0.39, 0.29) is 6.10 Å². The van der Waals surface area contributed by atoms with E-state index in [1.165, 1.54) is 0 Å². The summed E-state index contributed by atoms with van der Waals surface area (Å²) in [6, 6.07) is 7.90. The fraction of sp³-hybridized carbons (Fsp3) is 0.357. The van der Waals surface area contributed by atoms with Gasteiger partial charge in [-0.3, -0.25) is 0 Å². The number of benzene rings is 1. The number of rotatable bonds is 6. The average molecular weight is 247 g/mol. The zero-order valence-corrected chi connectivity index (χ0v) is 10.6. The maximum Gasteiger partial charge on any atom is 0.181 e. The van der Waals surface area contributed by atoms with Crippen LogP contribution in [0, 0.1) is 0 Å². The van der Waals surface area contributed by atoms with Gasteiger partial charge in [0.25, 0.3) is 0 Å². The summed E-state index contributed by atoms with van der Waals surface area (Å²) in [5.41, 5.74) is 2.11. The van der Waals surface area contributed by atoms with Gasteiger partial charge >= 0.3 is 0 Å². The SMILES string of the molecule is C=CC[NH2+]C[C@@H]1CC(c2ccc(OC)cc2)=NO1. The number of hydrogen-bond donors (Lipinski definition) is 1. The molecule has 1 aromatic carbocycles. The molecule has 1 atom stereocenters. The van der Waals surface area contributed by atoms with Gasteiger partial charge < -0.3 is 14.9 Å². The highest BCUT2D eigenvalue weighted by Gasteiger charge is 2.23. The van der Waals surface area contributed by atoms with E-state index in [0.29, 0.717) is 0 Å². The van der Waals surface area contributed by atoms with Gasteiger partial charge in [-0.05, 0) is 35.9 Å². The van der Waals surface area contributed by atoms with Crippen LogP contribution in [0.15, 0.2) is 42.1 Å². The van der Waals surface area contributed by atoms with Crippen LogP contribution < -0.4 is 10.1 Å². The number of ether oxygens (including phenoxy) is 1. The highest BCUT2D eigenvalue weighted by Crippen LogP contribution is 2.18. The molecule has 0 unspecified atom stereocenters. The predicted octanol–water partition coefficient (Wildman–Crippen LogP) is 0.938. The quantitative estimate of drug-likeness (QED) is 0.600. The standard InChI is InChI=1S/C14H18N2O2/c1-3-8-15-10-13-9-14(16-18-13)11-4-6-12(17-2)7-5-11/h3-7,13,15H,1,8-10H2,2H3/p+1/t13-/m0/s1. The highest BCUT2D eigenvalue weighted by molar-refractivity contribution is 6.01. The molecule has 1 aliphatic heterocycles. The summed E-state index contributed by atoms with van der Waals surface area (Å²) >= 11 is 0. The van der Waals surface area contributed by atoms with Crippen LogP contribution in [0.25, 0.3) is 0 Å². The second-order valence-electron chi connectivity index (χ2n) is 4.25. The number of nitrogens with zero attached hydrogens (tertiary/aromatic N) is 1. The van der Waals surface area contributed by atoms with Crippen LogP contribution in [0.4, 0.5) is 0 Å². The van der Waals surface area contributed by atoms with Crippen molar-refractivity contribution in [3.05, 3.63) is 42.5 Å². The molecule has 0 fully saturated rings. The molecule has 1 aromatic rings. The van der Waals surface area contributed by atoms with Crippen LogP contribution in [0.1, 0.15) is 12.0 Å². The molecule has 2 N–H and O–H groups in total. The van der Waals surface area contributed by atoms with Crippen molar-refractivity contribution in [2.75, 3.05) is 20.2 Å². The van der Waals surface area contributed by atoms with Crippen molar-refractivity contribution >= 4 is 5.71 Å². The van der Waals surface area contributed by atoms with Gasteiger partial charge in [0, 0.05) is 6.42 Å². The van der Waals surface area contributed by atoms with Crippen LogP contribution in [0.3, 0.4) is 0 Å². The normalized spacial score (nSPS) is 18.1. The molecule has 4 nitrogen and oxygen atoms in total. The zero-order chi connectivity index (χ0) is 12.8. The molecule has 0 spiro atoms. The molecular formula is C14H19N2O2+. The summed E-state index contributed by atoms with van der Waals surface area (Å²) in [5, 5.41) is 6.32. The van der Waals surface area contributed by atoms with Gasteiger partial charge in [0.05, 0.1) is 19.4 Å². The Morgan fingerprint density at radius 1 is 1.50 bits per heavy atom. The number of nitrogens with two attached hydrogens (primary N) is 1. The molecule has 0 amide bonds. The maximum atomic E-state index is 5.41. The van der Waals surface area contributed by atoms with Gasteiger partial charge in [0.1, 0.15) is 12.3 Å². The molecule has 96 valence electrons. The number of oxime groups is 1. The van der Waals surface area contributed by atoms with Gasteiger partial charge in [-0.25, -0.2) is 0 Å². The lowest BCUT2D eigenvalue weighted by Crippen LogP contribution is -2.86. The topological polar surface area (TPSA) is 47.4 Å². The van der Waals surface area contributed by atoms with Crippen molar-refractivity contribution in [1.29, 1.82) is 0 Å². The Balaban J connectivity index is 1.89. The summed E-state index contributed by atoms with van der Waals surface area (Å²) < 4.78 is 5.13. The van der Waals surface area contributed by atoms with Crippen LogP contribution in [-0.4, -0.2) is 32.0 Å². The largest absolute Gasteiger partial charge is 0.497 e. The molecule has 0 aromatic heterocycles. The van der Waals surface area contributed by atoms with Crippen molar-refractivity contribution < 1.29 is 14.9 Å². The first kappa shape index (κ1) is 12.6. The van der Waals surface area contributed by atoms with Gasteiger partial charge in [0.15, 0.2) is 6.10 Å². The van der Waals surface area contributed by atoms with Crippen molar-refractivity contribution in [2.24, 2.45) is 5.16 Å². The fourth-order valence-electron chi connectivity index (χ4n) is 1.91. The second kappa shape index (κ2) is 6.21. The first-order valence-corrected chi connectivity index (χ1v) is 6.13. The third-order valence-electron chi connectivity index (χ3n) is 2.92. The third-order valence-corrected chi connectivity index (χ3v) is 2.92. The van der Waals surface area contributed by atoms with Gasteiger partial charge in [-0.2, -0.15) is 0 Å². The molecule has 1 aliphatic rings. The van der Waals surface area contributed by atoms with Gasteiger partial charge in [0.2, 0.25) is 0 Å². The minimum atomic E-state index is 0.169. The number of quaternary nitrogens is 1. The smallest absolute Gasteiger partial charge is 0.181 e. The summed E-state index contributed by atoms with van der Waals surface area (Å²) in [6.07, 6.45) is 2.92. The van der Waals surface area contributed by atoms with E-state index >= 15 is 0 Å². The predicted molar refractivity (Wildman–Crippen MR) is 70.9 cm³/mol. The minimum Gasteiger partial charge on any atom is -0.497 e. The summed E-state index contributed by atoms with van der Waals surface area (Å²) in [5.74, 6) is 0.856. The molecular weight excluding hydrogens is 228 g/mol. The lowest BCUT2D eigenvalue weighted by atomic mass is 10.0. The second-order valence-corrected chi connectivity index (χ2v) is 4.25. The van der Waals surface area contributed by atoms with E-state index in [2.05, 4.69) is 17.1 Å². The molecule has 0 saturated carbocycles. The Kier molecular flexibility index (Phi) is 4.36. The molecule has 0 aliphatic carbocycles. The zero-order valence-electron chi connectivity index (χ0n) is 10.6. The van der Waals surface area contributed by atoms with Crippen LogP contribution in [0.5, 0.6) is 5.75 Å². The van der Waals surface area contributed by atoms with E-state index < -0.39 is 0 Å². The van der Waals surface area contributed by atoms with E-state index in [1.807, 2.05) is 30.3 Å². The lowest BCUT2D eigenvalue weighted by Gasteiger charge is -2.05. The molecule has 0 saturated heterocycles. The Morgan fingerprint density at radius 3 is 2.94 bits per heavy atom. The molecule has 18 heavy (non-hydrogen) atoms. The summed E-state index contributed by atoms with van der Waals surface area (Å²) in [7, 11) is 1.66. The molecule has 0 radical (unpaired) electrons. The molecule has 4 heteroatoms. The third kappa shape index (κ3) is 3.11. The van der Waals surface area contributed by atoms with E-state index in [9.17, 15) is 0 Å². The van der Waals surface area contributed by atoms with Crippen LogP contribution in [0.2, 0.25) is 0 Å². The monoisotopic (exact) mass is 247 g/mol. The molecule has 2 rings (SSSR count). The van der Waals surface area contributed by atoms with Crippen molar-refractivity contribution in [1.82, 2.24) is 0 Å². The van der Waals surface area contributed by atoms with Gasteiger partial charge in [-0.15, -0.1) is 0 Å².